The van der Waals surface area contributed by atoms with Gasteiger partial charge in [-0.25, -0.2) is 4.39 Å². The Bertz CT molecular complexity index is 393. The summed E-state index contributed by atoms with van der Waals surface area (Å²) in [5.74, 6) is -1.20. The van der Waals surface area contributed by atoms with E-state index in [4.69, 9.17) is 10.5 Å². The summed E-state index contributed by atoms with van der Waals surface area (Å²) in [7, 11) is 0. The van der Waals surface area contributed by atoms with Gasteiger partial charge in [-0.15, -0.1) is 0 Å². The monoisotopic (exact) mass is 267 g/mol. The second-order valence-corrected chi connectivity index (χ2v) is 3.78. The quantitative estimate of drug-likeness (QED) is 0.834. The molecular weight excluding hydrogens is 254 g/mol. The van der Waals surface area contributed by atoms with Gasteiger partial charge in [-0.1, -0.05) is 0 Å². The van der Waals surface area contributed by atoms with Gasteiger partial charge in [0.2, 0.25) is 0 Å². The molecule has 0 fully saturated rings. The Morgan fingerprint density at radius 1 is 1.28 bits per heavy atom. The average Bonchev–Trinajstić information content (AvgIpc) is 2.23. The normalized spacial score (nSPS) is 13.2. The van der Waals surface area contributed by atoms with E-state index in [9.17, 15) is 17.6 Å². The lowest BCUT2D eigenvalue weighted by atomic mass is 10.3. The van der Waals surface area contributed by atoms with Gasteiger partial charge < -0.3 is 15.2 Å². The first kappa shape index (κ1) is 14.6. The minimum atomic E-state index is -4.50. The maximum absolute atomic E-state index is 13.3. The lowest BCUT2D eigenvalue weighted by molar-refractivity contribution is -0.153. The van der Waals surface area contributed by atoms with E-state index >= 15 is 0 Å². The highest BCUT2D eigenvalue weighted by Gasteiger charge is 2.28. The molecule has 1 unspecified atom stereocenters. The fraction of sp³-hybridized carbons (Fsp3) is 0.455. The van der Waals surface area contributed by atoms with Crippen LogP contribution in [0.3, 0.4) is 0 Å². The van der Waals surface area contributed by atoms with Gasteiger partial charge in [-0.3, -0.25) is 0 Å². The largest absolute Gasteiger partial charge is 0.492 e. The second kappa shape index (κ2) is 5.90. The number of benzene rings is 1. The Kier molecular flexibility index (Phi) is 4.77. The van der Waals surface area contributed by atoms with Crippen molar-refractivity contribution >= 4 is 0 Å². The molecule has 0 amide bonds. The molecule has 7 heteroatoms. The van der Waals surface area contributed by atoms with Crippen LogP contribution in [-0.2, 0) is 0 Å². The minimum Gasteiger partial charge on any atom is -0.492 e. The van der Waals surface area contributed by atoms with Crippen molar-refractivity contribution in [2.75, 3.05) is 13.2 Å². The number of ether oxygens (including phenoxy) is 2. The summed E-state index contributed by atoms with van der Waals surface area (Å²) in [6, 6.07) is 3.12. The molecule has 3 nitrogen and oxygen atoms in total. The molecule has 1 atom stereocenters. The molecule has 0 bridgehead atoms. The Balaban J connectivity index is 2.62. The summed E-state index contributed by atoms with van der Waals surface area (Å²) in [5, 5.41) is 0. The van der Waals surface area contributed by atoms with Gasteiger partial charge in [0, 0.05) is 12.1 Å². The van der Waals surface area contributed by atoms with Crippen LogP contribution in [0.4, 0.5) is 17.6 Å². The van der Waals surface area contributed by atoms with E-state index in [0.29, 0.717) is 0 Å². The number of alkyl halides is 3. The molecular formula is C11H13F4NO2. The third-order valence-electron chi connectivity index (χ3n) is 1.81. The number of nitrogens with two attached hydrogens (primary N) is 1. The fourth-order valence-electron chi connectivity index (χ4n) is 1.08. The molecule has 102 valence electrons. The summed E-state index contributed by atoms with van der Waals surface area (Å²) in [5.41, 5.74) is 5.44. The van der Waals surface area contributed by atoms with Crippen molar-refractivity contribution in [1.82, 2.24) is 0 Å². The maximum atomic E-state index is 13.3. The predicted octanol–water partition coefficient (Wildman–Crippen LogP) is 2.49. The minimum absolute atomic E-state index is 0.183. The summed E-state index contributed by atoms with van der Waals surface area (Å²) >= 11 is 0. The van der Waals surface area contributed by atoms with E-state index in [1.807, 2.05) is 0 Å². The second-order valence-electron chi connectivity index (χ2n) is 3.78. The highest BCUT2D eigenvalue weighted by Crippen LogP contribution is 2.25. The van der Waals surface area contributed by atoms with Gasteiger partial charge in [-0.05, 0) is 19.1 Å². The first-order valence-corrected chi connectivity index (χ1v) is 5.15. The number of hydrogen-bond donors (Lipinski definition) is 1. The highest BCUT2D eigenvalue weighted by atomic mass is 19.4. The molecule has 0 saturated heterocycles. The zero-order valence-electron chi connectivity index (χ0n) is 9.63. The van der Waals surface area contributed by atoms with E-state index in [0.717, 1.165) is 12.1 Å². The van der Waals surface area contributed by atoms with Gasteiger partial charge in [-0.2, -0.15) is 13.2 Å². The van der Waals surface area contributed by atoms with Gasteiger partial charge >= 0.3 is 6.18 Å². The summed E-state index contributed by atoms with van der Waals surface area (Å²) in [6.07, 6.45) is -4.50. The summed E-state index contributed by atoms with van der Waals surface area (Å²) in [4.78, 5) is 0. The molecule has 0 saturated carbocycles. The van der Waals surface area contributed by atoms with Crippen LogP contribution in [0.15, 0.2) is 18.2 Å². The average molecular weight is 267 g/mol. The molecule has 0 aliphatic carbocycles. The van der Waals surface area contributed by atoms with Crippen LogP contribution in [0.2, 0.25) is 0 Å². The molecule has 0 aliphatic heterocycles. The Morgan fingerprint density at radius 2 is 1.94 bits per heavy atom. The lowest BCUT2D eigenvalue weighted by Gasteiger charge is -2.12. The van der Waals surface area contributed by atoms with Crippen LogP contribution in [0, 0.1) is 5.82 Å². The number of hydrogen-bond acceptors (Lipinski definition) is 3. The molecule has 0 spiro atoms. The van der Waals surface area contributed by atoms with Gasteiger partial charge in [0.05, 0.1) is 0 Å². The molecule has 0 heterocycles. The molecule has 0 aliphatic rings. The van der Waals surface area contributed by atoms with Crippen LogP contribution in [0.25, 0.3) is 0 Å². The zero-order valence-corrected chi connectivity index (χ0v) is 9.63. The van der Waals surface area contributed by atoms with Gasteiger partial charge in [0.25, 0.3) is 0 Å². The molecule has 0 aromatic heterocycles. The molecule has 18 heavy (non-hydrogen) atoms. The molecule has 1 rings (SSSR count). The summed E-state index contributed by atoms with van der Waals surface area (Å²) in [6.45, 7) is 0.351. The third kappa shape index (κ3) is 5.22. The van der Waals surface area contributed by atoms with E-state index < -0.39 is 24.3 Å². The smallest absolute Gasteiger partial charge is 0.422 e. The van der Waals surface area contributed by atoms with Crippen LogP contribution in [0.5, 0.6) is 11.5 Å². The standard InChI is InChI=1S/C11H13F4NO2/c1-7(16)5-17-8-2-3-10(9(12)4-8)18-6-11(13,14)15/h2-4,7H,5-6,16H2,1H3. The Labute approximate surface area is 101 Å². The van der Waals surface area contributed by atoms with Crippen molar-refractivity contribution in [3.05, 3.63) is 24.0 Å². The van der Waals surface area contributed by atoms with E-state index in [2.05, 4.69) is 4.74 Å². The van der Waals surface area contributed by atoms with E-state index in [1.54, 1.807) is 6.92 Å². The number of halogens is 4. The lowest BCUT2D eigenvalue weighted by Crippen LogP contribution is -2.23. The fourth-order valence-corrected chi connectivity index (χ4v) is 1.08. The van der Waals surface area contributed by atoms with Crippen molar-refractivity contribution in [3.63, 3.8) is 0 Å². The Morgan fingerprint density at radius 3 is 2.44 bits per heavy atom. The summed E-state index contributed by atoms with van der Waals surface area (Å²) < 4.78 is 58.4. The zero-order chi connectivity index (χ0) is 13.8. The molecule has 0 radical (unpaired) electrons. The van der Waals surface area contributed by atoms with Crippen molar-refractivity contribution in [1.29, 1.82) is 0 Å². The van der Waals surface area contributed by atoms with E-state index in [1.165, 1.54) is 6.07 Å². The maximum Gasteiger partial charge on any atom is 0.422 e. The molecule has 1 aromatic carbocycles. The topological polar surface area (TPSA) is 44.5 Å². The highest BCUT2D eigenvalue weighted by molar-refractivity contribution is 5.33. The van der Waals surface area contributed by atoms with Crippen molar-refractivity contribution < 1.29 is 27.0 Å². The Hall–Kier alpha value is -1.50. The SMILES string of the molecule is CC(N)COc1ccc(OCC(F)(F)F)c(F)c1. The van der Waals surface area contributed by atoms with Crippen LogP contribution in [0.1, 0.15) is 6.92 Å². The van der Waals surface area contributed by atoms with Gasteiger partial charge in [0.1, 0.15) is 12.4 Å². The van der Waals surface area contributed by atoms with Crippen LogP contribution < -0.4 is 15.2 Å². The number of rotatable bonds is 5. The molecule has 2 N–H and O–H groups in total. The van der Waals surface area contributed by atoms with Crippen LogP contribution in [-0.4, -0.2) is 25.4 Å². The van der Waals surface area contributed by atoms with Crippen molar-refractivity contribution in [3.8, 4) is 11.5 Å². The first-order chi connectivity index (χ1) is 8.28. The van der Waals surface area contributed by atoms with Gasteiger partial charge in [0.15, 0.2) is 18.2 Å². The van der Waals surface area contributed by atoms with Crippen LogP contribution >= 0.6 is 0 Å². The third-order valence-corrected chi connectivity index (χ3v) is 1.81. The van der Waals surface area contributed by atoms with E-state index in [-0.39, 0.29) is 18.4 Å². The predicted molar refractivity (Wildman–Crippen MR) is 57.1 cm³/mol. The molecule has 1 aromatic rings. The van der Waals surface area contributed by atoms with Crippen molar-refractivity contribution in [2.45, 2.75) is 19.1 Å². The first-order valence-electron chi connectivity index (χ1n) is 5.15. The van der Waals surface area contributed by atoms with Crippen molar-refractivity contribution in [2.24, 2.45) is 5.73 Å².